The number of nitrogens with zero attached hydrogens (tertiary/aromatic N) is 3. The van der Waals surface area contributed by atoms with Crippen LogP contribution in [0.5, 0.6) is 0 Å². The Labute approximate surface area is 182 Å². The van der Waals surface area contributed by atoms with E-state index < -0.39 is 11.6 Å². The fourth-order valence-corrected chi connectivity index (χ4v) is 4.41. The topological polar surface area (TPSA) is 64.4 Å². The highest BCUT2D eigenvalue weighted by Gasteiger charge is 2.52. The normalized spacial score (nSPS) is 21.2. The van der Waals surface area contributed by atoms with Gasteiger partial charge in [-0.05, 0) is 41.3 Å². The molecule has 0 N–H and O–H groups in total. The average Bonchev–Trinajstić information content (AvgIpc) is 2.79. The summed E-state index contributed by atoms with van der Waals surface area (Å²) in [5.41, 5.74) is 1.68. The van der Waals surface area contributed by atoms with Crippen LogP contribution in [-0.4, -0.2) is 47.3 Å². The van der Waals surface area contributed by atoms with Crippen LogP contribution in [0.25, 0.3) is 6.08 Å². The molecule has 2 aromatic carbocycles. The van der Waals surface area contributed by atoms with Crippen LogP contribution in [0.4, 0.5) is 4.39 Å². The maximum absolute atomic E-state index is 13.6. The molecule has 3 rings (SSSR count). The molecule has 0 bridgehead atoms. The smallest absolute Gasteiger partial charge is 0.249 e. The van der Waals surface area contributed by atoms with Gasteiger partial charge in [0, 0.05) is 26.9 Å². The van der Waals surface area contributed by atoms with Crippen molar-refractivity contribution in [3.05, 3.63) is 77.1 Å². The third kappa shape index (κ3) is 3.84. The number of rotatable bonds is 6. The van der Waals surface area contributed by atoms with Crippen LogP contribution in [0, 0.1) is 17.1 Å². The first-order valence-corrected chi connectivity index (χ1v) is 10.2. The van der Waals surface area contributed by atoms with Gasteiger partial charge < -0.3 is 9.80 Å². The summed E-state index contributed by atoms with van der Waals surface area (Å²) in [6.07, 6.45) is 2.61. The third-order valence-electron chi connectivity index (χ3n) is 6.39. The van der Waals surface area contributed by atoms with Crippen molar-refractivity contribution < 1.29 is 14.0 Å². The van der Waals surface area contributed by atoms with E-state index in [0.717, 1.165) is 11.1 Å². The van der Waals surface area contributed by atoms with Gasteiger partial charge in [0.2, 0.25) is 11.8 Å². The van der Waals surface area contributed by atoms with Gasteiger partial charge in [-0.15, -0.1) is 0 Å². The maximum Gasteiger partial charge on any atom is 0.249 e. The Bertz CT molecular complexity index is 1060. The molecule has 0 radical (unpaired) electrons. The zero-order valence-corrected chi connectivity index (χ0v) is 18.1. The number of benzene rings is 2. The molecular weight excluding hydrogens is 393 g/mol. The molecule has 1 saturated heterocycles. The number of hydrogen-bond acceptors (Lipinski definition) is 3. The van der Waals surface area contributed by atoms with Gasteiger partial charge in [0.15, 0.2) is 0 Å². The zero-order chi connectivity index (χ0) is 22.8. The van der Waals surface area contributed by atoms with Crippen LogP contribution in [0.15, 0.2) is 49.0 Å². The molecule has 2 aromatic rings. The number of hydrogen-bond donors (Lipinski definition) is 0. The Morgan fingerprint density at radius 2 is 1.87 bits per heavy atom. The van der Waals surface area contributed by atoms with Gasteiger partial charge >= 0.3 is 0 Å². The first kappa shape index (κ1) is 22.2. The van der Waals surface area contributed by atoms with Crippen molar-refractivity contribution in [2.24, 2.45) is 0 Å². The second-order valence-corrected chi connectivity index (χ2v) is 7.91. The summed E-state index contributed by atoms with van der Waals surface area (Å²) < 4.78 is 13.3. The summed E-state index contributed by atoms with van der Waals surface area (Å²) in [6.45, 7) is 5.68. The van der Waals surface area contributed by atoms with Crippen LogP contribution in [0.3, 0.4) is 0 Å². The fraction of sp³-hybridized carbons (Fsp3) is 0.320. The van der Waals surface area contributed by atoms with E-state index in [1.807, 2.05) is 13.0 Å². The number of likely N-dealkylation sites (N-methyl/N-ethyl adjacent to an activating group) is 2. The molecule has 0 aromatic heterocycles. The summed E-state index contributed by atoms with van der Waals surface area (Å²) in [5, 5.41) is 9.52. The van der Waals surface area contributed by atoms with Crippen molar-refractivity contribution in [2.75, 3.05) is 14.1 Å². The van der Waals surface area contributed by atoms with Crippen molar-refractivity contribution in [3.63, 3.8) is 0 Å². The number of piperazine rings is 1. The predicted molar refractivity (Wildman–Crippen MR) is 117 cm³/mol. The van der Waals surface area contributed by atoms with Crippen LogP contribution in [-0.2, 0) is 22.4 Å². The van der Waals surface area contributed by atoms with Gasteiger partial charge in [-0.1, -0.05) is 43.8 Å². The number of amides is 2. The van der Waals surface area contributed by atoms with Crippen molar-refractivity contribution >= 4 is 17.9 Å². The molecule has 6 heteroatoms. The van der Waals surface area contributed by atoms with E-state index in [1.54, 1.807) is 44.4 Å². The van der Waals surface area contributed by atoms with E-state index in [9.17, 15) is 19.2 Å². The van der Waals surface area contributed by atoms with Crippen LogP contribution >= 0.6 is 0 Å². The molecule has 0 saturated carbocycles. The molecule has 1 aliphatic heterocycles. The van der Waals surface area contributed by atoms with Gasteiger partial charge in [0.1, 0.15) is 17.4 Å². The molecular formula is C25H26FN3O2. The van der Waals surface area contributed by atoms with E-state index in [0.29, 0.717) is 24.0 Å². The lowest BCUT2D eigenvalue weighted by Crippen LogP contribution is -2.70. The summed E-state index contributed by atoms with van der Waals surface area (Å²) in [6, 6.07) is 12.8. The molecule has 5 nitrogen and oxygen atoms in total. The lowest BCUT2D eigenvalue weighted by molar-refractivity contribution is -0.167. The largest absolute Gasteiger partial charge is 0.331 e. The molecule has 2 amide bonds. The minimum Gasteiger partial charge on any atom is -0.331 e. The number of halogens is 1. The summed E-state index contributed by atoms with van der Waals surface area (Å²) in [7, 11) is 3.29. The van der Waals surface area contributed by atoms with Crippen molar-refractivity contribution in [1.29, 1.82) is 5.26 Å². The molecule has 0 aliphatic carbocycles. The quantitative estimate of drug-likeness (QED) is 0.719. The number of carbonyl (C=O) groups excluding carboxylic acids is 2. The minimum atomic E-state index is -1.05. The monoisotopic (exact) mass is 419 g/mol. The summed E-state index contributed by atoms with van der Waals surface area (Å²) in [4.78, 5) is 30.1. The molecule has 0 spiro atoms. The van der Waals surface area contributed by atoms with Gasteiger partial charge in [-0.3, -0.25) is 9.59 Å². The number of nitriles is 1. The molecule has 1 heterocycles. The SMILES string of the molecule is C=Cc1cccc(C#N)c1CC1C(=O)N(C)C(CC)(Cc2ccc(F)cc2)C(=O)N1C. The Morgan fingerprint density at radius 3 is 2.45 bits per heavy atom. The van der Waals surface area contributed by atoms with Crippen LogP contribution in [0.2, 0.25) is 0 Å². The second kappa shape index (κ2) is 8.73. The van der Waals surface area contributed by atoms with Gasteiger partial charge in [0.05, 0.1) is 11.6 Å². The van der Waals surface area contributed by atoms with Gasteiger partial charge in [-0.25, -0.2) is 4.39 Å². The van der Waals surface area contributed by atoms with Crippen LogP contribution < -0.4 is 0 Å². The first-order chi connectivity index (χ1) is 14.8. The van der Waals surface area contributed by atoms with E-state index in [1.165, 1.54) is 21.9 Å². The van der Waals surface area contributed by atoms with E-state index in [2.05, 4.69) is 12.6 Å². The highest BCUT2D eigenvalue weighted by atomic mass is 19.1. The Morgan fingerprint density at radius 1 is 1.19 bits per heavy atom. The first-order valence-electron chi connectivity index (χ1n) is 10.2. The van der Waals surface area contributed by atoms with E-state index in [-0.39, 0.29) is 24.1 Å². The van der Waals surface area contributed by atoms with E-state index in [4.69, 9.17) is 0 Å². The van der Waals surface area contributed by atoms with Gasteiger partial charge in [0.25, 0.3) is 0 Å². The predicted octanol–water partition coefficient (Wildman–Crippen LogP) is 3.57. The Balaban J connectivity index is 1.97. The lowest BCUT2D eigenvalue weighted by atomic mass is 9.81. The maximum atomic E-state index is 13.6. The van der Waals surface area contributed by atoms with Crippen molar-refractivity contribution in [2.45, 2.75) is 37.8 Å². The zero-order valence-electron chi connectivity index (χ0n) is 18.1. The second-order valence-electron chi connectivity index (χ2n) is 7.91. The molecule has 2 atom stereocenters. The van der Waals surface area contributed by atoms with Crippen molar-refractivity contribution in [1.82, 2.24) is 9.80 Å². The Hall–Kier alpha value is -3.46. The lowest BCUT2D eigenvalue weighted by Gasteiger charge is -2.50. The Kier molecular flexibility index (Phi) is 6.26. The average molecular weight is 420 g/mol. The minimum absolute atomic E-state index is 0.166. The molecule has 31 heavy (non-hydrogen) atoms. The molecule has 2 unspecified atom stereocenters. The summed E-state index contributed by atoms with van der Waals surface area (Å²) >= 11 is 0. The molecule has 1 aliphatic rings. The summed E-state index contributed by atoms with van der Waals surface area (Å²) in [5.74, 6) is -0.699. The standard InChI is InChI=1S/C25H26FN3O2/c1-5-18-8-7-9-19(16-27)21(18)14-22-23(30)29(4)25(6-2,24(31)28(22)3)15-17-10-12-20(26)13-11-17/h5,7-13,22H,1,6,14-15H2,2-4H3. The van der Waals surface area contributed by atoms with E-state index >= 15 is 0 Å². The van der Waals surface area contributed by atoms with Crippen molar-refractivity contribution in [3.8, 4) is 6.07 Å². The highest BCUT2D eigenvalue weighted by Crippen LogP contribution is 2.33. The number of carbonyl (C=O) groups is 2. The third-order valence-corrected chi connectivity index (χ3v) is 6.39. The highest BCUT2D eigenvalue weighted by molar-refractivity contribution is 6.00. The molecule has 1 fully saturated rings. The van der Waals surface area contributed by atoms with Crippen LogP contribution in [0.1, 0.15) is 35.6 Å². The fourth-order valence-electron chi connectivity index (χ4n) is 4.41. The van der Waals surface area contributed by atoms with Gasteiger partial charge in [-0.2, -0.15) is 5.26 Å². The molecule has 160 valence electrons.